The fourth-order valence-electron chi connectivity index (χ4n) is 2.56. The number of hydrogen-bond donors (Lipinski definition) is 0. The Hall–Kier alpha value is -1.84. The molecule has 0 bridgehead atoms. The van der Waals surface area contributed by atoms with Crippen LogP contribution in [0.25, 0.3) is 0 Å². The largest absolute Gasteiger partial charge is 0.496 e. The first-order chi connectivity index (χ1) is 8.29. The molecule has 1 atom stereocenters. The Labute approximate surface area is 98.8 Å². The third-order valence-corrected chi connectivity index (χ3v) is 3.30. The van der Waals surface area contributed by atoms with Crippen molar-refractivity contribution in [3.8, 4) is 5.75 Å². The molecule has 3 nitrogen and oxygen atoms in total. The molecule has 1 aliphatic carbocycles. The molecule has 1 aliphatic rings. The number of nitrogens with zero attached hydrogens (tertiary/aromatic N) is 2. The van der Waals surface area contributed by atoms with Gasteiger partial charge in [0, 0.05) is 18.5 Å². The molecule has 1 unspecified atom stereocenters. The molecule has 0 spiro atoms. The number of ether oxygens (including phenoxy) is 1. The van der Waals surface area contributed by atoms with Gasteiger partial charge in [0.2, 0.25) is 0 Å². The molecule has 0 N–H and O–H groups in total. The van der Waals surface area contributed by atoms with E-state index in [1.165, 1.54) is 6.07 Å². The van der Waals surface area contributed by atoms with Crippen LogP contribution in [0, 0.1) is 5.82 Å². The van der Waals surface area contributed by atoms with Crippen LogP contribution in [0.2, 0.25) is 0 Å². The summed E-state index contributed by atoms with van der Waals surface area (Å²) in [6.45, 7) is 0. The van der Waals surface area contributed by atoms with Crippen LogP contribution in [0.15, 0.2) is 30.6 Å². The summed E-state index contributed by atoms with van der Waals surface area (Å²) < 4.78 is 20.6. The summed E-state index contributed by atoms with van der Waals surface area (Å²) in [5.41, 5.74) is 2.10. The van der Waals surface area contributed by atoms with Crippen molar-refractivity contribution in [2.75, 3.05) is 7.11 Å². The maximum absolute atomic E-state index is 13.5. The molecule has 0 radical (unpaired) electrons. The van der Waals surface area contributed by atoms with E-state index in [1.54, 1.807) is 19.4 Å². The van der Waals surface area contributed by atoms with Gasteiger partial charge in [0.1, 0.15) is 11.6 Å². The van der Waals surface area contributed by atoms with Crippen molar-refractivity contribution < 1.29 is 9.13 Å². The Morgan fingerprint density at radius 3 is 3.06 bits per heavy atom. The van der Waals surface area contributed by atoms with E-state index in [0.717, 1.165) is 24.0 Å². The van der Waals surface area contributed by atoms with Crippen molar-refractivity contribution in [3.63, 3.8) is 0 Å². The van der Waals surface area contributed by atoms with Crippen molar-refractivity contribution >= 4 is 0 Å². The number of rotatable bonds is 2. The Morgan fingerprint density at radius 1 is 1.47 bits per heavy atom. The smallest absolute Gasteiger partial charge is 0.127 e. The van der Waals surface area contributed by atoms with Gasteiger partial charge in [-0.25, -0.2) is 4.39 Å². The predicted molar refractivity (Wildman–Crippen MR) is 61.6 cm³/mol. The van der Waals surface area contributed by atoms with Crippen LogP contribution >= 0.6 is 0 Å². The highest BCUT2D eigenvalue weighted by Gasteiger charge is 2.27. The van der Waals surface area contributed by atoms with Crippen LogP contribution in [0.3, 0.4) is 0 Å². The quantitative estimate of drug-likeness (QED) is 0.795. The fraction of sp³-hybridized carbons (Fsp3) is 0.308. The van der Waals surface area contributed by atoms with Gasteiger partial charge in [-0.05, 0) is 36.1 Å². The molecule has 0 aliphatic heterocycles. The van der Waals surface area contributed by atoms with Gasteiger partial charge in [0.25, 0.3) is 0 Å². The van der Waals surface area contributed by atoms with E-state index in [4.69, 9.17) is 4.74 Å². The number of methoxy groups -OCH3 is 1. The summed E-state index contributed by atoms with van der Waals surface area (Å²) in [6, 6.07) is 5.06. The first-order valence-electron chi connectivity index (χ1n) is 5.65. The molecule has 1 aromatic carbocycles. The average molecular weight is 232 g/mol. The van der Waals surface area contributed by atoms with Gasteiger partial charge >= 0.3 is 0 Å². The average Bonchev–Trinajstić information content (AvgIpc) is 2.94. The van der Waals surface area contributed by atoms with Gasteiger partial charge in [-0.1, -0.05) is 0 Å². The molecule has 0 amide bonds. The van der Waals surface area contributed by atoms with E-state index in [2.05, 4.69) is 5.10 Å². The van der Waals surface area contributed by atoms with E-state index >= 15 is 0 Å². The lowest BCUT2D eigenvalue weighted by Crippen LogP contribution is -2.07. The second-order valence-electron chi connectivity index (χ2n) is 4.22. The number of hydrogen-bond acceptors (Lipinski definition) is 2. The summed E-state index contributed by atoms with van der Waals surface area (Å²) >= 11 is 0. The minimum absolute atomic E-state index is 0.129. The first-order valence-corrected chi connectivity index (χ1v) is 5.65. The Kier molecular flexibility index (Phi) is 2.35. The zero-order chi connectivity index (χ0) is 11.8. The first kappa shape index (κ1) is 10.3. The second-order valence-corrected chi connectivity index (χ2v) is 4.22. The number of benzene rings is 1. The van der Waals surface area contributed by atoms with E-state index in [1.807, 2.05) is 16.9 Å². The van der Waals surface area contributed by atoms with E-state index in [0.29, 0.717) is 5.75 Å². The number of halogens is 1. The molecule has 4 heteroatoms. The Morgan fingerprint density at radius 2 is 2.35 bits per heavy atom. The van der Waals surface area contributed by atoms with Gasteiger partial charge in [-0.2, -0.15) is 5.10 Å². The molecule has 2 aromatic rings. The third-order valence-electron chi connectivity index (χ3n) is 3.30. The van der Waals surface area contributed by atoms with Gasteiger partial charge in [-0.15, -0.1) is 0 Å². The topological polar surface area (TPSA) is 27.1 Å². The molecule has 0 saturated carbocycles. The summed E-state index contributed by atoms with van der Waals surface area (Å²) in [7, 11) is 1.58. The van der Waals surface area contributed by atoms with Gasteiger partial charge in [0.15, 0.2) is 0 Å². The van der Waals surface area contributed by atoms with Crippen LogP contribution in [0.4, 0.5) is 4.39 Å². The molecule has 0 saturated heterocycles. The molecular formula is C13H13FN2O. The second kappa shape index (κ2) is 3.87. The van der Waals surface area contributed by atoms with Crippen LogP contribution in [-0.4, -0.2) is 16.9 Å². The SMILES string of the molecule is COc1cc(F)cc2c1CCC2n1cccn1. The van der Waals surface area contributed by atoms with Crippen LogP contribution in [-0.2, 0) is 6.42 Å². The normalized spacial score (nSPS) is 18.1. The van der Waals surface area contributed by atoms with Crippen molar-refractivity contribution in [1.82, 2.24) is 9.78 Å². The lowest BCUT2D eigenvalue weighted by atomic mass is 10.1. The predicted octanol–water partition coefficient (Wildman–Crippen LogP) is 2.57. The highest BCUT2D eigenvalue weighted by molar-refractivity contribution is 5.45. The molecule has 1 heterocycles. The standard InChI is InChI=1S/C13H13FN2O/c1-17-13-8-9(14)7-11-10(13)3-4-12(11)16-6-2-5-15-16/h2,5-8,12H,3-4H2,1H3. The van der Waals surface area contributed by atoms with Gasteiger partial charge in [-0.3, -0.25) is 4.68 Å². The zero-order valence-corrected chi connectivity index (χ0v) is 9.56. The summed E-state index contributed by atoms with van der Waals surface area (Å²) in [5.74, 6) is 0.398. The van der Waals surface area contributed by atoms with Crippen LogP contribution < -0.4 is 4.74 Å². The Balaban J connectivity index is 2.10. The van der Waals surface area contributed by atoms with Crippen molar-refractivity contribution in [2.24, 2.45) is 0 Å². The van der Waals surface area contributed by atoms with Gasteiger partial charge in [0.05, 0.1) is 13.2 Å². The number of aromatic nitrogens is 2. The lowest BCUT2D eigenvalue weighted by Gasteiger charge is -2.13. The molecule has 0 fully saturated rings. The van der Waals surface area contributed by atoms with Crippen LogP contribution in [0.1, 0.15) is 23.6 Å². The minimum atomic E-state index is -0.250. The lowest BCUT2D eigenvalue weighted by molar-refractivity contribution is 0.406. The molecule has 3 rings (SSSR count). The van der Waals surface area contributed by atoms with Crippen LogP contribution in [0.5, 0.6) is 5.75 Å². The molecule has 88 valence electrons. The summed E-state index contributed by atoms with van der Waals surface area (Å²) in [5, 5.41) is 4.24. The summed E-state index contributed by atoms with van der Waals surface area (Å²) in [4.78, 5) is 0. The zero-order valence-electron chi connectivity index (χ0n) is 9.56. The Bertz CT molecular complexity index is 537. The molecule has 17 heavy (non-hydrogen) atoms. The monoisotopic (exact) mass is 232 g/mol. The van der Waals surface area contributed by atoms with Crippen molar-refractivity contribution in [1.29, 1.82) is 0 Å². The molecule has 1 aromatic heterocycles. The van der Waals surface area contributed by atoms with E-state index in [9.17, 15) is 4.39 Å². The van der Waals surface area contributed by atoms with Gasteiger partial charge < -0.3 is 4.74 Å². The maximum Gasteiger partial charge on any atom is 0.127 e. The number of fused-ring (bicyclic) bond motifs is 1. The maximum atomic E-state index is 13.5. The van der Waals surface area contributed by atoms with E-state index < -0.39 is 0 Å². The fourth-order valence-corrected chi connectivity index (χ4v) is 2.56. The summed E-state index contributed by atoms with van der Waals surface area (Å²) in [6.07, 6.45) is 5.51. The third kappa shape index (κ3) is 1.60. The highest BCUT2D eigenvalue weighted by atomic mass is 19.1. The van der Waals surface area contributed by atoms with Crippen molar-refractivity contribution in [2.45, 2.75) is 18.9 Å². The minimum Gasteiger partial charge on any atom is -0.496 e. The molecular weight excluding hydrogens is 219 g/mol. The van der Waals surface area contributed by atoms with E-state index in [-0.39, 0.29) is 11.9 Å². The van der Waals surface area contributed by atoms with Crippen molar-refractivity contribution in [3.05, 3.63) is 47.5 Å². The highest BCUT2D eigenvalue weighted by Crippen LogP contribution is 2.39.